The van der Waals surface area contributed by atoms with Gasteiger partial charge in [-0.2, -0.15) is 5.10 Å². The maximum atomic E-state index is 6.35. The first kappa shape index (κ1) is 15.4. The average molecular weight is 348 g/mol. The number of fused-ring (bicyclic) bond motifs is 1. The van der Waals surface area contributed by atoms with Crippen molar-refractivity contribution in [2.75, 3.05) is 18.9 Å². The Hall–Kier alpha value is -2.12. The van der Waals surface area contributed by atoms with Crippen molar-refractivity contribution in [2.24, 2.45) is 0 Å². The van der Waals surface area contributed by atoms with Gasteiger partial charge in [0.25, 0.3) is 0 Å². The van der Waals surface area contributed by atoms with Gasteiger partial charge in [0.1, 0.15) is 23.0 Å². The molecule has 3 aromatic rings. The van der Waals surface area contributed by atoms with Crippen LogP contribution in [0.5, 0.6) is 0 Å². The van der Waals surface area contributed by atoms with Gasteiger partial charge in [0.05, 0.1) is 40.8 Å². The standard InChI is InChI=1S/C16H18ClN5O2/c1-8(2)22-14-9(17)5-19-15(18)12(14)13(20-22)10-4-11(24-21-10)16(3)6-23-7-16/h4-5,8H,6-7H2,1-3H3,(H2,18,19). The summed E-state index contributed by atoms with van der Waals surface area (Å²) >= 11 is 6.35. The van der Waals surface area contributed by atoms with Crippen LogP contribution in [0.2, 0.25) is 5.02 Å². The third kappa shape index (κ3) is 2.12. The highest BCUT2D eigenvalue weighted by Gasteiger charge is 2.39. The van der Waals surface area contributed by atoms with E-state index in [4.69, 9.17) is 26.6 Å². The fourth-order valence-corrected chi connectivity index (χ4v) is 3.16. The van der Waals surface area contributed by atoms with Crippen molar-refractivity contribution in [1.29, 1.82) is 0 Å². The van der Waals surface area contributed by atoms with E-state index >= 15 is 0 Å². The molecule has 3 aromatic heterocycles. The highest BCUT2D eigenvalue weighted by atomic mass is 35.5. The van der Waals surface area contributed by atoms with Gasteiger partial charge >= 0.3 is 0 Å². The van der Waals surface area contributed by atoms with Gasteiger partial charge in [-0.05, 0) is 20.8 Å². The van der Waals surface area contributed by atoms with Crippen LogP contribution < -0.4 is 5.73 Å². The first-order valence-electron chi connectivity index (χ1n) is 7.78. The molecule has 0 bridgehead atoms. The van der Waals surface area contributed by atoms with Gasteiger partial charge in [-0.15, -0.1) is 0 Å². The van der Waals surface area contributed by atoms with Crippen LogP contribution in [0.3, 0.4) is 0 Å². The number of hydrogen-bond acceptors (Lipinski definition) is 6. The van der Waals surface area contributed by atoms with Gasteiger partial charge in [-0.1, -0.05) is 16.8 Å². The Morgan fingerprint density at radius 1 is 1.38 bits per heavy atom. The molecule has 4 heterocycles. The summed E-state index contributed by atoms with van der Waals surface area (Å²) in [5.74, 6) is 1.16. The molecule has 24 heavy (non-hydrogen) atoms. The lowest BCUT2D eigenvalue weighted by Gasteiger charge is -2.35. The lowest BCUT2D eigenvalue weighted by molar-refractivity contribution is -0.0619. The number of anilines is 1. The van der Waals surface area contributed by atoms with Crippen molar-refractivity contribution in [3.63, 3.8) is 0 Å². The molecular formula is C16H18ClN5O2. The lowest BCUT2D eigenvalue weighted by Crippen LogP contribution is -2.43. The molecule has 0 radical (unpaired) electrons. The normalized spacial score (nSPS) is 16.7. The minimum absolute atomic E-state index is 0.115. The summed E-state index contributed by atoms with van der Waals surface area (Å²) in [6.07, 6.45) is 1.55. The number of nitrogens with zero attached hydrogens (tertiary/aromatic N) is 4. The predicted octanol–water partition coefficient (Wildman–Crippen LogP) is 3.19. The van der Waals surface area contributed by atoms with E-state index < -0.39 is 0 Å². The molecule has 0 saturated carbocycles. The maximum absolute atomic E-state index is 6.35. The highest BCUT2D eigenvalue weighted by molar-refractivity contribution is 6.35. The van der Waals surface area contributed by atoms with Crippen LogP contribution in [0.25, 0.3) is 22.3 Å². The molecule has 1 saturated heterocycles. The largest absolute Gasteiger partial charge is 0.383 e. The molecule has 2 N–H and O–H groups in total. The third-order valence-electron chi connectivity index (χ3n) is 4.39. The van der Waals surface area contributed by atoms with E-state index in [1.165, 1.54) is 0 Å². The summed E-state index contributed by atoms with van der Waals surface area (Å²) < 4.78 is 12.7. The summed E-state index contributed by atoms with van der Waals surface area (Å²) in [6.45, 7) is 7.39. The summed E-state index contributed by atoms with van der Waals surface area (Å²) in [4.78, 5) is 4.16. The van der Waals surface area contributed by atoms with E-state index in [-0.39, 0.29) is 11.5 Å². The summed E-state index contributed by atoms with van der Waals surface area (Å²) in [5, 5.41) is 10.1. The number of nitrogens with two attached hydrogens (primary N) is 1. The van der Waals surface area contributed by atoms with Crippen LogP contribution in [-0.4, -0.2) is 33.1 Å². The van der Waals surface area contributed by atoms with Gasteiger partial charge in [0, 0.05) is 12.1 Å². The van der Waals surface area contributed by atoms with E-state index in [9.17, 15) is 0 Å². The van der Waals surface area contributed by atoms with Crippen molar-refractivity contribution in [3.8, 4) is 11.4 Å². The fraction of sp³-hybridized carbons (Fsp3) is 0.438. The SMILES string of the molecule is CC(C)n1nc(-c2cc(C3(C)COC3)on2)c2c(N)ncc(Cl)c21. The van der Waals surface area contributed by atoms with Crippen molar-refractivity contribution in [3.05, 3.63) is 23.0 Å². The quantitative estimate of drug-likeness (QED) is 0.782. The van der Waals surface area contributed by atoms with Crippen molar-refractivity contribution in [2.45, 2.75) is 32.2 Å². The number of nitrogen functional groups attached to an aromatic ring is 1. The fourth-order valence-electron chi connectivity index (χ4n) is 2.93. The van der Waals surface area contributed by atoms with Gasteiger partial charge in [0.15, 0.2) is 0 Å². The Kier molecular flexibility index (Phi) is 3.33. The molecule has 0 aliphatic carbocycles. The van der Waals surface area contributed by atoms with Crippen molar-refractivity contribution in [1.82, 2.24) is 19.9 Å². The molecule has 0 atom stereocenters. The van der Waals surface area contributed by atoms with Gasteiger partial charge in [0.2, 0.25) is 0 Å². The Morgan fingerprint density at radius 3 is 2.75 bits per heavy atom. The van der Waals surface area contributed by atoms with Gasteiger partial charge < -0.3 is 15.0 Å². The van der Waals surface area contributed by atoms with Crippen LogP contribution >= 0.6 is 11.6 Å². The molecular weight excluding hydrogens is 330 g/mol. The van der Waals surface area contributed by atoms with Gasteiger partial charge in [-0.3, -0.25) is 4.68 Å². The molecule has 8 heteroatoms. The predicted molar refractivity (Wildman–Crippen MR) is 91.0 cm³/mol. The molecule has 1 fully saturated rings. The molecule has 126 valence electrons. The van der Waals surface area contributed by atoms with E-state index in [2.05, 4.69) is 22.2 Å². The smallest absolute Gasteiger partial charge is 0.147 e. The van der Waals surface area contributed by atoms with E-state index in [0.717, 1.165) is 11.3 Å². The topological polar surface area (TPSA) is 92.0 Å². The molecule has 1 aliphatic rings. The minimum atomic E-state index is -0.136. The summed E-state index contributed by atoms with van der Waals surface area (Å²) in [5.41, 5.74) is 7.98. The number of ether oxygens (including phenoxy) is 1. The maximum Gasteiger partial charge on any atom is 0.147 e. The minimum Gasteiger partial charge on any atom is -0.383 e. The Balaban J connectivity index is 1.93. The molecule has 7 nitrogen and oxygen atoms in total. The first-order chi connectivity index (χ1) is 11.4. The van der Waals surface area contributed by atoms with Crippen LogP contribution in [-0.2, 0) is 10.2 Å². The second kappa shape index (κ2) is 5.19. The molecule has 1 aliphatic heterocycles. The Labute approximate surface area is 143 Å². The first-order valence-corrected chi connectivity index (χ1v) is 8.16. The second-order valence-electron chi connectivity index (χ2n) is 6.73. The van der Waals surface area contributed by atoms with E-state index in [1.54, 1.807) is 6.20 Å². The van der Waals surface area contributed by atoms with Crippen LogP contribution in [0.4, 0.5) is 5.82 Å². The Morgan fingerprint density at radius 2 is 2.12 bits per heavy atom. The summed E-state index contributed by atoms with van der Waals surface area (Å²) in [6, 6.07) is 2.01. The molecule has 0 aromatic carbocycles. The molecule has 4 rings (SSSR count). The molecule has 0 unspecified atom stereocenters. The van der Waals surface area contributed by atoms with E-state index in [0.29, 0.717) is 40.8 Å². The van der Waals surface area contributed by atoms with Gasteiger partial charge in [-0.25, -0.2) is 4.98 Å². The third-order valence-corrected chi connectivity index (χ3v) is 4.66. The Bertz CT molecular complexity index is 926. The number of rotatable bonds is 3. The van der Waals surface area contributed by atoms with Crippen LogP contribution in [0.1, 0.15) is 32.6 Å². The zero-order chi connectivity index (χ0) is 17.1. The zero-order valence-corrected chi connectivity index (χ0v) is 14.5. The van der Waals surface area contributed by atoms with Crippen LogP contribution in [0, 0.1) is 0 Å². The van der Waals surface area contributed by atoms with Crippen molar-refractivity contribution < 1.29 is 9.26 Å². The average Bonchev–Trinajstić information content (AvgIpc) is 3.13. The molecule has 0 amide bonds. The monoisotopic (exact) mass is 347 g/mol. The highest BCUT2D eigenvalue weighted by Crippen LogP contribution is 2.38. The number of hydrogen-bond donors (Lipinski definition) is 1. The van der Waals surface area contributed by atoms with Crippen molar-refractivity contribution >= 4 is 28.3 Å². The zero-order valence-electron chi connectivity index (χ0n) is 13.7. The summed E-state index contributed by atoms with van der Waals surface area (Å²) in [7, 11) is 0. The number of aromatic nitrogens is 4. The second-order valence-corrected chi connectivity index (χ2v) is 7.14. The van der Waals surface area contributed by atoms with Crippen LogP contribution in [0.15, 0.2) is 16.8 Å². The number of halogens is 1. The number of pyridine rings is 1. The van der Waals surface area contributed by atoms with E-state index in [1.807, 2.05) is 24.6 Å². The molecule has 0 spiro atoms. The lowest BCUT2D eigenvalue weighted by atomic mass is 9.85.